The van der Waals surface area contributed by atoms with Crippen LogP contribution in [0.3, 0.4) is 0 Å². The van der Waals surface area contributed by atoms with Gasteiger partial charge in [0.15, 0.2) is 5.65 Å². The fourth-order valence-corrected chi connectivity index (χ4v) is 7.90. The monoisotopic (exact) mass is 470 g/mol. The normalized spacial score (nSPS) is 12.0. The van der Waals surface area contributed by atoms with Crippen molar-refractivity contribution in [1.29, 1.82) is 0 Å². The lowest BCUT2D eigenvalue weighted by Crippen LogP contribution is -2.43. The molecule has 5 heteroatoms. The summed E-state index contributed by atoms with van der Waals surface area (Å²) in [6.45, 7) is 17.4. The van der Waals surface area contributed by atoms with Crippen LogP contribution in [0.15, 0.2) is 43.0 Å². The minimum atomic E-state index is -1.69. The van der Waals surface area contributed by atoms with Gasteiger partial charge in [-0.25, -0.2) is 15.0 Å². The zero-order valence-corrected chi connectivity index (χ0v) is 22.9. The first-order chi connectivity index (χ1) is 16.3. The van der Waals surface area contributed by atoms with Gasteiger partial charge in [0.05, 0.1) is 20.9 Å². The molecule has 4 aromatic rings. The van der Waals surface area contributed by atoms with Crippen molar-refractivity contribution in [2.45, 2.75) is 79.6 Å². The Bertz CT molecular complexity index is 1300. The van der Waals surface area contributed by atoms with E-state index in [2.05, 4.69) is 82.2 Å². The first-order valence-electron chi connectivity index (χ1n) is 12.8. The molecular weight excluding hydrogens is 432 g/mol. The Morgan fingerprint density at radius 3 is 1.94 bits per heavy atom. The van der Waals surface area contributed by atoms with Crippen molar-refractivity contribution in [1.82, 2.24) is 19.5 Å². The summed E-state index contributed by atoms with van der Waals surface area (Å²) in [4.78, 5) is 14.5. The molecule has 0 fully saturated rings. The molecule has 4 rings (SSSR count). The highest BCUT2D eigenvalue weighted by atomic mass is 28.3. The SMILES string of the molecule is CCc1c(CC)c(CC)c([Si](C)(C)C)c(-c2ncnc3c2ncn3Cc2ccccc2)c1CC. The lowest BCUT2D eigenvalue weighted by Gasteiger charge is -2.31. The molecule has 0 saturated heterocycles. The van der Waals surface area contributed by atoms with Gasteiger partial charge in [-0.1, -0.05) is 77.7 Å². The van der Waals surface area contributed by atoms with Crippen LogP contribution in [-0.2, 0) is 32.2 Å². The van der Waals surface area contributed by atoms with Crippen molar-refractivity contribution in [3.05, 3.63) is 70.8 Å². The second-order valence-electron chi connectivity index (χ2n) is 10.1. The van der Waals surface area contributed by atoms with Crippen molar-refractivity contribution in [2.24, 2.45) is 0 Å². The summed E-state index contributed by atoms with van der Waals surface area (Å²) < 4.78 is 2.15. The summed E-state index contributed by atoms with van der Waals surface area (Å²) in [6, 6.07) is 10.5. The van der Waals surface area contributed by atoms with Gasteiger partial charge in [-0.2, -0.15) is 0 Å². The van der Waals surface area contributed by atoms with Crippen LogP contribution >= 0.6 is 0 Å². The van der Waals surface area contributed by atoms with E-state index in [1.165, 1.54) is 22.3 Å². The Balaban J connectivity index is 2.05. The second kappa shape index (κ2) is 9.83. The lowest BCUT2D eigenvalue weighted by molar-refractivity contribution is 0.813. The van der Waals surface area contributed by atoms with Gasteiger partial charge >= 0.3 is 0 Å². The van der Waals surface area contributed by atoms with E-state index in [4.69, 9.17) is 15.0 Å². The Morgan fingerprint density at radius 2 is 1.35 bits per heavy atom. The Hall–Kier alpha value is -2.79. The number of nitrogens with zero attached hydrogens (tertiary/aromatic N) is 4. The van der Waals surface area contributed by atoms with Crippen LogP contribution in [0.5, 0.6) is 0 Å². The molecule has 0 bridgehead atoms. The van der Waals surface area contributed by atoms with Gasteiger partial charge in [0, 0.05) is 5.56 Å². The number of rotatable bonds is 8. The molecule has 0 radical (unpaired) electrons. The van der Waals surface area contributed by atoms with Crippen molar-refractivity contribution in [3.63, 3.8) is 0 Å². The molecule has 0 aliphatic rings. The summed E-state index contributed by atoms with van der Waals surface area (Å²) >= 11 is 0. The molecule has 2 aromatic heterocycles. The Kier molecular flexibility index (Phi) is 7.03. The van der Waals surface area contributed by atoms with Crippen LogP contribution in [-0.4, -0.2) is 27.6 Å². The zero-order valence-electron chi connectivity index (χ0n) is 21.9. The Labute approximate surface area is 205 Å². The minimum Gasteiger partial charge on any atom is -0.311 e. The van der Waals surface area contributed by atoms with Gasteiger partial charge in [0.25, 0.3) is 0 Å². The number of hydrogen-bond acceptors (Lipinski definition) is 3. The van der Waals surface area contributed by atoms with E-state index in [9.17, 15) is 0 Å². The van der Waals surface area contributed by atoms with Gasteiger partial charge in [-0.05, 0) is 58.7 Å². The predicted molar refractivity (Wildman–Crippen MR) is 147 cm³/mol. The maximum Gasteiger partial charge on any atom is 0.164 e. The topological polar surface area (TPSA) is 43.6 Å². The van der Waals surface area contributed by atoms with Crippen LogP contribution in [0.4, 0.5) is 0 Å². The smallest absolute Gasteiger partial charge is 0.164 e. The average molecular weight is 471 g/mol. The van der Waals surface area contributed by atoms with E-state index in [-0.39, 0.29) is 0 Å². The first kappa shape index (κ1) is 24.3. The van der Waals surface area contributed by atoms with E-state index in [1.54, 1.807) is 22.6 Å². The fourth-order valence-electron chi connectivity index (χ4n) is 5.65. The molecule has 178 valence electrons. The molecule has 0 spiro atoms. The number of hydrogen-bond donors (Lipinski definition) is 0. The summed E-state index contributed by atoms with van der Waals surface area (Å²) in [5.74, 6) is 0. The van der Waals surface area contributed by atoms with E-state index < -0.39 is 8.07 Å². The molecule has 0 unspecified atom stereocenters. The van der Waals surface area contributed by atoms with Crippen LogP contribution in [0, 0.1) is 0 Å². The molecule has 34 heavy (non-hydrogen) atoms. The van der Waals surface area contributed by atoms with Crippen molar-refractivity contribution < 1.29 is 0 Å². The highest BCUT2D eigenvalue weighted by Crippen LogP contribution is 2.35. The molecule has 2 heterocycles. The molecule has 0 atom stereocenters. The van der Waals surface area contributed by atoms with Crippen LogP contribution in [0.2, 0.25) is 19.6 Å². The maximum atomic E-state index is 4.92. The third-order valence-electron chi connectivity index (χ3n) is 6.94. The molecule has 0 N–H and O–H groups in total. The fraction of sp³-hybridized carbons (Fsp3) is 0.414. The third kappa shape index (κ3) is 4.22. The largest absolute Gasteiger partial charge is 0.311 e. The molecule has 0 saturated carbocycles. The molecule has 0 amide bonds. The summed E-state index contributed by atoms with van der Waals surface area (Å²) in [7, 11) is -1.69. The highest BCUT2D eigenvalue weighted by molar-refractivity contribution is 6.90. The van der Waals surface area contributed by atoms with E-state index in [0.29, 0.717) is 0 Å². The number of benzene rings is 2. The molecular formula is C29H38N4Si. The van der Waals surface area contributed by atoms with Crippen molar-refractivity contribution >= 4 is 24.4 Å². The lowest BCUT2D eigenvalue weighted by atomic mass is 9.85. The van der Waals surface area contributed by atoms with E-state index in [1.807, 2.05) is 6.33 Å². The van der Waals surface area contributed by atoms with E-state index in [0.717, 1.165) is 49.1 Å². The summed E-state index contributed by atoms with van der Waals surface area (Å²) in [5, 5.41) is 1.57. The first-order valence-corrected chi connectivity index (χ1v) is 16.3. The minimum absolute atomic E-state index is 0.754. The zero-order chi connectivity index (χ0) is 24.5. The predicted octanol–water partition coefficient (Wildman–Crippen LogP) is 6.34. The second-order valence-corrected chi connectivity index (χ2v) is 15.1. The van der Waals surface area contributed by atoms with Gasteiger partial charge in [-0.15, -0.1) is 0 Å². The van der Waals surface area contributed by atoms with Gasteiger partial charge in [-0.3, -0.25) is 0 Å². The van der Waals surface area contributed by atoms with Crippen LogP contribution in [0.1, 0.15) is 55.5 Å². The molecule has 0 aliphatic carbocycles. The summed E-state index contributed by atoms with van der Waals surface area (Å²) in [5.41, 5.74) is 11.6. The van der Waals surface area contributed by atoms with Crippen LogP contribution < -0.4 is 5.19 Å². The van der Waals surface area contributed by atoms with E-state index >= 15 is 0 Å². The molecule has 2 aromatic carbocycles. The summed E-state index contributed by atoms with van der Waals surface area (Å²) in [6.07, 6.45) is 7.86. The average Bonchev–Trinajstić information content (AvgIpc) is 3.24. The van der Waals surface area contributed by atoms with Gasteiger partial charge in [0.2, 0.25) is 0 Å². The van der Waals surface area contributed by atoms with Crippen molar-refractivity contribution in [3.8, 4) is 11.3 Å². The Morgan fingerprint density at radius 1 is 0.735 bits per heavy atom. The van der Waals surface area contributed by atoms with Gasteiger partial charge in [0.1, 0.15) is 17.5 Å². The molecule has 4 nitrogen and oxygen atoms in total. The maximum absolute atomic E-state index is 4.92. The quantitative estimate of drug-likeness (QED) is 0.282. The number of imidazole rings is 1. The highest BCUT2D eigenvalue weighted by Gasteiger charge is 2.31. The number of fused-ring (bicyclic) bond motifs is 1. The molecule has 0 aliphatic heterocycles. The standard InChI is InChI=1S/C29H38N4Si/c1-8-21-22(9-2)24(11-4)28(34(5,6)7)25(23(21)10-3)26-27-29(31-18-30-26)33(19-32-27)17-20-15-13-12-14-16-20/h12-16,18-19H,8-11,17H2,1-7H3. The van der Waals surface area contributed by atoms with Gasteiger partial charge < -0.3 is 4.57 Å². The van der Waals surface area contributed by atoms with Crippen LogP contribution in [0.25, 0.3) is 22.4 Å². The third-order valence-corrected chi connectivity index (χ3v) is 9.00. The van der Waals surface area contributed by atoms with Crippen molar-refractivity contribution in [2.75, 3.05) is 0 Å². The number of aromatic nitrogens is 4.